The van der Waals surface area contributed by atoms with Crippen LogP contribution in [-0.2, 0) is 4.79 Å². The summed E-state index contributed by atoms with van der Waals surface area (Å²) in [7, 11) is 0. The van der Waals surface area contributed by atoms with E-state index in [0.29, 0.717) is 25.0 Å². The molecule has 0 aromatic carbocycles. The van der Waals surface area contributed by atoms with Crippen LogP contribution in [0.5, 0.6) is 0 Å². The largest absolute Gasteiger partial charge is 0.393 e. The summed E-state index contributed by atoms with van der Waals surface area (Å²) in [6.45, 7) is 6.03. The number of aliphatic hydroxyl groups is 1. The second-order valence-corrected chi connectivity index (χ2v) is 3.99. The smallest absolute Gasteiger partial charge is 0.133 e. The van der Waals surface area contributed by atoms with E-state index in [4.69, 9.17) is 0 Å². The first kappa shape index (κ1) is 12.6. The quantitative estimate of drug-likeness (QED) is 0.663. The normalized spacial score (nSPS) is 13.3. The van der Waals surface area contributed by atoms with Gasteiger partial charge in [-0.3, -0.25) is 4.79 Å². The van der Waals surface area contributed by atoms with Gasteiger partial charge in [0.15, 0.2) is 0 Å². The lowest BCUT2D eigenvalue weighted by atomic mass is 10.00. The standard InChI is InChI=1S/C11H22O2/c1-4-5-6-10(12)7-8-11(13)9(2)3/h9,11,13H,4-8H2,1-3H3. The van der Waals surface area contributed by atoms with E-state index < -0.39 is 0 Å². The third-order valence-corrected chi connectivity index (χ3v) is 2.30. The van der Waals surface area contributed by atoms with Crippen LogP contribution in [0.15, 0.2) is 0 Å². The summed E-state index contributed by atoms with van der Waals surface area (Å²) >= 11 is 0. The molecule has 13 heavy (non-hydrogen) atoms. The van der Waals surface area contributed by atoms with Gasteiger partial charge in [0.05, 0.1) is 6.10 Å². The van der Waals surface area contributed by atoms with Gasteiger partial charge in [-0.25, -0.2) is 0 Å². The number of aliphatic hydroxyl groups excluding tert-OH is 1. The molecule has 1 unspecified atom stereocenters. The molecular formula is C11H22O2. The zero-order valence-electron chi connectivity index (χ0n) is 9.05. The molecule has 1 N–H and O–H groups in total. The Balaban J connectivity index is 3.46. The van der Waals surface area contributed by atoms with Gasteiger partial charge in [0.25, 0.3) is 0 Å². The molecule has 0 aliphatic heterocycles. The van der Waals surface area contributed by atoms with Crippen molar-refractivity contribution in [2.24, 2.45) is 5.92 Å². The van der Waals surface area contributed by atoms with Crippen LogP contribution in [-0.4, -0.2) is 17.0 Å². The van der Waals surface area contributed by atoms with Crippen molar-refractivity contribution in [1.82, 2.24) is 0 Å². The van der Waals surface area contributed by atoms with Crippen molar-refractivity contribution in [3.63, 3.8) is 0 Å². The van der Waals surface area contributed by atoms with Crippen LogP contribution in [0.1, 0.15) is 52.9 Å². The van der Waals surface area contributed by atoms with Crippen LogP contribution in [0.2, 0.25) is 0 Å². The van der Waals surface area contributed by atoms with Gasteiger partial charge in [-0.15, -0.1) is 0 Å². The van der Waals surface area contributed by atoms with Crippen molar-refractivity contribution in [3.8, 4) is 0 Å². The summed E-state index contributed by atoms with van der Waals surface area (Å²) in [5.74, 6) is 0.556. The van der Waals surface area contributed by atoms with Crippen molar-refractivity contribution in [2.45, 2.75) is 59.0 Å². The molecule has 1 atom stereocenters. The predicted octanol–water partition coefficient (Wildman–Crippen LogP) is 2.54. The zero-order valence-corrected chi connectivity index (χ0v) is 9.05. The first-order valence-corrected chi connectivity index (χ1v) is 5.27. The van der Waals surface area contributed by atoms with Crippen LogP contribution >= 0.6 is 0 Å². The minimum absolute atomic E-state index is 0.263. The highest BCUT2D eigenvalue weighted by molar-refractivity contribution is 5.78. The number of carbonyl (C=O) groups is 1. The van der Waals surface area contributed by atoms with Crippen molar-refractivity contribution in [1.29, 1.82) is 0 Å². The summed E-state index contributed by atoms with van der Waals surface area (Å²) in [5, 5.41) is 9.45. The summed E-state index contributed by atoms with van der Waals surface area (Å²) in [6.07, 6.45) is 3.58. The fourth-order valence-electron chi connectivity index (χ4n) is 1.14. The number of carbonyl (C=O) groups excluding carboxylic acids is 1. The van der Waals surface area contributed by atoms with Gasteiger partial charge in [-0.2, -0.15) is 0 Å². The molecular weight excluding hydrogens is 164 g/mol. The molecule has 0 rings (SSSR count). The average Bonchev–Trinajstić information content (AvgIpc) is 2.10. The van der Waals surface area contributed by atoms with Crippen LogP contribution in [0.25, 0.3) is 0 Å². The van der Waals surface area contributed by atoms with Crippen molar-refractivity contribution >= 4 is 5.78 Å². The lowest BCUT2D eigenvalue weighted by molar-refractivity contribution is -0.119. The first-order valence-electron chi connectivity index (χ1n) is 5.27. The van der Waals surface area contributed by atoms with Crippen molar-refractivity contribution in [3.05, 3.63) is 0 Å². The minimum atomic E-state index is -0.314. The molecule has 0 aromatic rings. The van der Waals surface area contributed by atoms with E-state index >= 15 is 0 Å². The second kappa shape index (κ2) is 7.07. The Morgan fingerprint density at radius 2 is 1.92 bits per heavy atom. The third kappa shape index (κ3) is 6.76. The molecule has 0 radical (unpaired) electrons. The topological polar surface area (TPSA) is 37.3 Å². The highest BCUT2D eigenvalue weighted by atomic mass is 16.3. The van der Waals surface area contributed by atoms with E-state index in [-0.39, 0.29) is 12.0 Å². The Kier molecular flexibility index (Phi) is 6.87. The van der Waals surface area contributed by atoms with Gasteiger partial charge in [0.2, 0.25) is 0 Å². The molecule has 78 valence electrons. The summed E-state index contributed by atoms with van der Waals surface area (Å²) < 4.78 is 0. The van der Waals surface area contributed by atoms with Gasteiger partial charge in [0, 0.05) is 12.8 Å². The third-order valence-electron chi connectivity index (χ3n) is 2.30. The molecule has 0 fully saturated rings. The van der Waals surface area contributed by atoms with Gasteiger partial charge in [-0.1, -0.05) is 27.2 Å². The van der Waals surface area contributed by atoms with Gasteiger partial charge >= 0.3 is 0 Å². The van der Waals surface area contributed by atoms with Crippen LogP contribution in [0.4, 0.5) is 0 Å². The fourth-order valence-corrected chi connectivity index (χ4v) is 1.14. The van der Waals surface area contributed by atoms with Gasteiger partial charge in [0.1, 0.15) is 5.78 Å². The highest BCUT2D eigenvalue weighted by Gasteiger charge is 2.10. The summed E-state index contributed by atoms with van der Waals surface area (Å²) in [6, 6.07) is 0. The molecule has 2 heteroatoms. The second-order valence-electron chi connectivity index (χ2n) is 3.99. The number of Topliss-reactive ketones (excluding diaryl/α,β-unsaturated/α-hetero) is 1. The van der Waals surface area contributed by atoms with E-state index in [0.717, 1.165) is 12.8 Å². The number of rotatable bonds is 7. The van der Waals surface area contributed by atoms with E-state index in [1.165, 1.54) is 0 Å². The highest BCUT2D eigenvalue weighted by Crippen LogP contribution is 2.10. The SMILES string of the molecule is CCCCC(=O)CCC(O)C(C)C. The molecule has 0 saturated heterocycles. The van der Waals surface area contributed by atoms with Gasteiger partial charge in [-0.05, 0) is 18.8 Å². The maximum Gasteiger partial charge on any atom is 0.133 e. The monoisotopic (exact) mass is 186 g/mol. The molecule has 0 saturated carbocycles. The zero-order chi connectivity index (χ0) is 10.3. The Morgan fingerprint density at radius 3 is 2.38 bits per heavy atom. The molecule has 0 aromatic heterocycles. The number of ketones is 1. The molecule has 0 bridgehead atoms. The number of hydrogen-bond donors (Lipinski definition) is 1. The average molecular weight is 186 g/mol. The Hall–Kier alpha value is -0.370. The Labute approximate surface area is 81.3 Å². The maximum atomic E-state index is 11.2. The lowest BCUT2D eigenvalue weighted by Gasteiger charge is -2.13. The van der Waals surface area contributed by atoms with E-state index in [1.807, 2.05) is 13.8 Å². The Morgan fingerprint density at radius 1 is 1.31 bits per heavy atom. The molecule has 0 heterocycles. The number of unbranched alkanes of at least 4 members (excludes halogenated alkanes) is 1. The number of hydrogen-bond acceptors (Lipinski definition) is 2. The first-order chi connectivity index (χ1) is 6.07. The molecule has 2 nitrogen and oxygen atoms in total. The van der Waals surface area contributed by atoms with Crippen LogP contribution in [0, 0.1) is 5.92 Å². The predicted molar refractivity (Wildman–Crippen MR) is 54.6 cm³/mol. The van der Waals surface area contributed by atoms with Crippen LogP contribution in [0.3, 0.4) is 0 Å². The molecule has 0 aliphatic carbocycles. The minimum Gasteiger partial charge on any atom is -0.393 e. The Bertz CT molecular complexity index is 141. The molecule has 0 spiro atoms. The lowest BCUT2D eigenvalue weighted by Crippen LogP contribution is -2.16. The van der Waals surface area contributed by atoms with Crippen molar-refractivity contribution < 1.29 is 9.90 Å². The summed E-state index contributed by atoms with van der Waals surface area (Å²) in [4.78, 5) is 11.2. The van der Waals surface area contributed by atoms with E-state index in [1.54, 1.807) is 0 Å². The molecule has 0 aliphatic rings. The maximum absolute atomic E-state index is 11.2. The summed E-state index contributed by atoms with van der Waals surface area (Å²) in [5.41, 5.74) is 0. The van der Waals surface area contributed by atoms with Crippen LogP contribution < -0.4 is 0 Å². The van der Waals surface area contributed by atoms with Crippen molar-refractivity contribution in [2.75, 3.05) is 0 Å². The fraction of sp³-hybridized carbons (Fsp3) is 0.909. The molecule has 0 amide bonds. The van der Waals surface area contributed by atoms with E-state index in [9.17, 15) is 9.90 Å². The van der Waals surface area contributed by atoms with E-state index in [2.05, 4.69) is 6.92 Å². The van der Waals surface area contributed by atoms with Gasteiger partial charge < -0.3 is 5.11 Å².